The zero-order valence-corrected chi connectivity index (χ0v) is 22.1. The Morgan fingerprint density at radius 1 is 1.21 bits per heavy atom. The van der Waals surface area contributed by atoms with Crippen LogP contribution in [0.4, 0.5) is 0 Å². The first kappa shape index (κ1) is 32.7. The molecule has 0 bridgehead atoms. The molecule has 19 heteroatoms. The summed E-state index contributed by atoms with van der Waals surface area (Å²) >= 11 is 0. The van der Waals surface area contributed by atoms with E-state index in [1.807, 2.05) is 4.98 Å². The molecule has 33 heavy (non-hydrogen) atoms. The van der Waals surface area contributed by atoms with Gasteiger partial charge in [0, 0.05) is 12.3 Å². The number of hydrogen-bond acceptors (Lipinski definition) is 12. The number of aliphatic hydroxyl groups is 3. The van der Waals surface area contributed by atoms with E-state index < -0.39 is 58.0 Å². The number of aromatic nitrogens is 2. The first-order valence-corrected chi connectivity index (χ1v) is 11.9. The maximum atomic E-state index is 11.7. The van der Waals surface area contributed by atoms with Crippen LogP contribution in [-0.4, -0.2) is 93.5 Å². The van der Waals surface area contributed by atoms with Crippen LogP contribution in [-0.2, 0) is 22.7 Å². The molecule has 1 aliphatic heterocycles. The van der Waals surface area contributed by atoms with Gasteiger partial charge in [-0.05, 0) is 0 Å². The molecule has 0 amide bonds. The fraction of sp³-hybridized carbons (Fsp3) is 0.714. The Labute approximate surface area is 210 Å². The molecule has 0 spiro atoms. The third kappa shape index (κ3) is 11.8. The Kier molecular flexibility index (Phi) is 13.1. The van der Waals surface area contributed by atoms with Gasteiger partial charge in [0.15, 0.2) is 6.23 Å². The predicted octanol–water partition coefficient (Wildman–Crippen LogP) is -7.19. The summed E-state index contributed by atoms with van der Waals surface area (Å²) in [6, 6.07) is 0.945. The Balaban J connectivity index is 0.00000111. The van der Waals surface area contributed by atoms with Crippen molar-refractivity contribution in [3.05, 3.63) is 33.1 Å². The number of H-pyrrole nitrogens is 1. The van der Waals surface area contributed by atoms with Crippen molar-refractivity contribution in [2.24, 2.45) is 0 Å². The van der Waals surface area contributed by atoms with E-state index in [2.05, 4.69) is 30.0 Å². The van der Waals surface area contributed by atoms with Gasteiger partial charge in [-0.15, -0.1) is 0 Å². The minimum atomic E-state index is -5.63. The molecule has 0 aromatic carbocycles. The number of nitrogens with zero attached hydrogens (tertiary/aromatic N) is 2. The number of quaternary nitrogens is 1. The molecule has 1 fully saturated rings. The summed E-state index contributed by atoms with van der Waals surface area (Å²) in [5, 5.41) is 28.1. The summed E-state index contributed by atoms with van der Waals surface area (Å²) in [4.78, 5) is 54.4. The van der Waals surface area contributed by atoms with E-state index in [0.29, 0.717) is 0 Å². The van der Waals surface area contributed by atoms with Gasteiger partial charge in [0.25, 0.3) is 21.2 Å². The van der Waals surface area contributed by atoms with Crippen LogP contribution in [0.3, 0.4) is 0 Å². The van der Waals surface area contributed by atoms with Gasteiger partial charge in [-0.1, -0.05) is 0 Å². The van der Waals surface area contributed by atoms with Crippen molar-refractivity contribution in [2.75, 3.05) is 40.9 Å². The van der Waals surface area contributed by atoms with Gasteiger partial charge in [0.2, 0.25) is 0 Å². The molecule has 16 nitrogen and oxygen atoms in total. The van der Waals surface area contributed by atoms with E-state index >= 15 is 0 Å². The number of nitrogens with one attached hydrogen (secondary N) is 1. The van der Waals surface area contributed by atoms with Gasteiger partial charge in [-0.2, -0.15) is 0 Å². The van der Waals surface area contributed by atoms with Gasteiger partial charge in [-0.3, -0.25) is 23.5 Å². The Morgan fingerprint density at radius 3 is 2.21 bits per heavy atom. The molecule has 2 rings (SSSR count). The average Bonchev–Trinajstić information content (AvgIpc) is 2.86. The molecule has 1 aromatic rings. The average molecular weight is 529 g/mol. The van der Waals surface area contributed by atoms with Crippen LogP contribution in [0.2, 0.25) is 0 Å². The number of hydrogen-bond donors (Lipinski definition) is 5. The Hall–Kier alpha value is -0.260. The SMILES string of the molecule is C[N+](C)(C)CCO.O=c1ccn([C@@H]2O[C@H](COP(=O)([O-])OP(=O)([O-])O)[C@@H](O)[C@H]2O)c(=O)[nH]1.[Na+]. The minimum Gasteiger partial charge on any atom is -0.756 e. The van der Waals surface area contributed by atoms with E-state index in [-0.39, 0.29) is 36.2 Å². The normalized spacial score (nSPS) is 26.3. The summed E-state index contributed by atoms with van der Waals surface area (Å²) in [5.41, 5.74) is -1.68. The maximum Gasteiger partial charge on any atom is 1.00 e. The van der Waals surface area contributed by atoms with Crippen LogP contribution < -0.4 is 50.6 Å². The molecule has 0 radical (unpaired) electrons. The molecule has 1 saturated heterocycles. The molecule has 5 N–H and O–H groups in total. The second-order valence-electron chi connectivity index (χ2n) is 7.59. The van der Waals surface area contributed by atoms with Gasteiger partial charge in [0.1, 0.15) is 24.9 Å². The molecule has 2 heterocycles. The van der Waals surface area contributed by atoms with Crippen molar-refractivity contribution >= 4 is 15.6 Å². The van der Waals surface area contributed by atoms with E-state index in [1.165, 1.54) is 0 Å². The number of phosphoric ester groups is 1. The number of rotatable bonds is 8. The second-order valence-corrected chi connectivity index (χ2v) is 10.3. The van der Waals surface area contributed by atoms with Crippen molar-refractivity contribution < 1.29 is 86.7 Å². The van der Waals surface area contributed by atoms with Crippen LogP contribution in [0.15, 0.2) is 21.9 Å². The molecular weight excluding hydrogens is 503 g/mol. The van der Waals surface area contributed by atoms with Gasteiger partial charge < -0.3 is 43.7 Å². The van der Waals surface area contributed by atoms with Gasteiger partial charge in [0.05, 0.1) is 34.4 Å². The smallest absolute Gasteiger partial charge is 0.756 e. The number of likely N-dealkylation sites (N-methyl/N-ethyl adjacent to an activating group) is 1. The summed E-state index contributed by atoms with van der Waals surface area (Å²) in [6.45, 7) is 0.122. The van der Waals surface area contributed by atoms with Crippen molar-refractivity contribution in [2.45, 2.75) is 24.5 Å². The zero-order chi connectivity index (χ0) is 24.9. The van der Waals surface area contributed by atoms with Crippen LogP contribution in [0, 0.1) is 0 Å². The van der Waals surface area contributed by atoms with Crippen LogP contribution in [0.1, 0.15) is 6.23 Å². The Bertz CT molecular complexity index is 959. The molecule has 0 saturated carbocycles. The zero-order valence-electron chi connectivity index (χ0n) is 18.3. The van der Waals surface area contributed by atoms with E-state index in [0.717, 1.165) is 27.9 Å². The molecule has 2 unspecified atom stereocenters. The molecule has 0 aliphatic carbocycles. The summed E-state index contributed by atoms with van der Waals surface area (Å²) in [7, 11) is -4.96. The number of ether oxygens (including phenoxy) is 1. The van der Waals surface area contributed by atoms with E-state index in [1.54, 1.807) is 0 Å². The first-order valence-electron chi connectivity index (χ1n) is 8.91. The first-order chi connectivity index (χ1) is 14.5. The summed E-state index contributed by atoms with van der Waals surface area (Å²) < 4.78 is 35.7. The van der Waals surface area contributed by atoms with Crippen molar-refractivity contribution in [1.29, 1.82) is 0 Å². The molecule has 186 valence electrons. The number of phosphoric acid groups is 2. The largest absolute Gasteiger partial charge is 1.00 e. The van der Waals surface area contributed by atoms with Gasteiger partial charge in [-0.25, -0.2) is 9.11 Å². The Morgan fingerprint density at radius 2 is 1.79 bits per heavy atom. The predicted molar refractivity (Wildman–Crippen MR) is 102 cm³/mol. The fourth-order valence-electron chi connectivity index (χ4n) is 2.34. The summed E-state index contributed by atoms with van der Waals surface area (Å²) in [5.74, 6) is 0. The van der Waals surface area contributed by atoms with Crippen LogP contribution >= 0.6 is 15.6 Å². The third-order valence-electron chi connectivity index (χ3n) is 3.83. The van der Waals surface area contributed by atoms with Gasteiger partial charge >= 0.3 is 35.2 Å². The van der Waals surface area contributed by atoms with Crippen LogP contribution in [0.25, 0.3) is 0 Å². The molecule has 1 aromatic heterocycles. The standard InChI is InChI=1S/C9H14N2O12P2.C5H14NO.Na/c12-5-1-2-11(9(15)10-5)8-7(14)6(13)4(22-8)3-21-25(19,20)23-24(16,17)18;1-6(2,3)4-5-7;/h1-2,4,6-8,13-14H,3H2,(H,19,20)(H,10,12,15)(H2,16,17,18);7H,4-5H2,1-3H3;/q;2*+1/p-2/t4-,6-,7-,8-;;/m1../s1. The quantitative estimate of drug-likeness (QED) is 0.120. The molecular formula is C14H26N3NaO13P2. The van der Waals surface area contributed by atoms with E-state index in [4.69, 9.17) is 14.7 Å². The number of aliphatic hydroxyl groups excluding tert-OH is 3. The van der Waals surface area contributed by atoms with Crippen molar-refractivity contribution in [3.63, 3.8) is 0 Å². The second kappa shape index (κ2) is 13.2. The number of aromatic amines is 1. The fourth-order valence-corrected chi connectivity index (χ4v) is 3.87. The van der Waals surface area contributed by atoms with Crippen molar-refractivity contribution in [1.82, 2.24) is 9.55 Å². The molecule has 1 aliphatic rings. The van der Waals surface area contributed by atoms with Crippen molar-refractivity contribution in [3.8, 4) is 0 Å². The van der Waals surface area contributed by atoms with Crippen LogP contribution in [0.5, 0.6) is 0 Å². The summed E-state index contributed by atoms with van der Waals surface area (Å²) in [6.07, 6.45) is -5.44. The molecule has 6 atom stereocenters. The monoisotopic (exact) mass is 529 g/mol. The maximum absolute atomic E-state index is 11.7. The third-order valence-corrected chi connectivity index (χ3v) is 5.92. The topological polar surface area (TPSA) is 244 Å². The minimum absolute atomic E-state index is 0. The van der Waals surface area contributed by atoms with E-state index in [9.17, 15) is 38.7 Å².